The van der Waals surface area contributed by atoms with Gasteiger partial charge in [0.15, 0.2) is 0 Å². The van der Waals surface area contributed by atoms with Gasteiger partial charge in [-0.05, 0) is 0 Å². The van der Waals surface area contributed by atoms with Crippen molar-refractivity contribution in [1.82, 2.24) is 0 Å². The average Bonchev–Trinajstić information content (AvgIpc) is 2.80. The van der Waals surface area contributed by atoms with Crippen molar-refractivity contribution in [2.24, 2.45) is 0 Å². The van der Waals surface area contributed by atoms with E-state index in [4.69, 9.17) is 13.6 Å². The van der Waals surface area contributed by atoms with Crippen molar-refractivity contribution in [2.75, 3.05) is 13.2 Å². The Labute approximate surface area is 160 Å². The molecule has 1 unspecified atom stereocenters. The van der Waals surface area contributed by atoms with Gasteiger partial charge in [-0.2, -0.15) is 0 Å². The molecule has 0 N–H and O–H groups in total. The van der Waals surface area contributed by atoms with Gasteiger partial charge in [0.2, 0.25) is 0 Å². The standard InChI is InChI=1S/C22H25O4P/c1-17(23)21-18(2)26-27(20-13-7-4-8-14-20,24-15-9-10-16-25-27)22(21)19-11-5-3-6-12-19/h3-8,11-14,22H,9-10,15-16H2,1-2H3. The number of Topliss-reactive ketones (excluding diaryl/α,β-unsaturated/α-hetero) is 1. The molecule has 2 aliphatic rings. The quantitative estimate of drug-likeness (QED) is 0.693. The average molecular weight is 384 g/mol. The summed E-state index contributed by atoms with van der Waals surface area (Å²) in [6.07, 6.45) is 1.81. The second-order valence-electron chi connectivity index (χ2n) is 7.08. The van der Waals surface area contributed by atoms with E-state index in [1.165, 1.54) is 0 Å². The summed E-state index contributed by atoms with van der Waals surface area (Å²) >= 11 is 0. The van der Waals surface area contributed by atoms with Crippen molar-refractivity contribution < 1.29 is 18.4 Å². The van der Waals surface area contributed by atoms with Crippen LogP contribution in [0.1, 0.15) is 37.9 Å². The number of carbonyl (C=O) groups is 1. The van der Waals surface area contributed by atoms with Crippen LogP contribution in [0.4, 0.5) is 0 Å². The van der Waals surface area contributed by atoms with Gasteiger partial charge in [0, 0.05) is 0 Å². The van der Waals surface area contributed by atoms with Crippen molar-refractivity contribution >= 4 is 18.4 Å². The van der Waals surface area contributed by atoms with E-state index in [0.717, 1.165) is 23.7 Å². The summed E-state index contributed by atoms with van der Waals surface area (Å²) in [5.74, 6) is 0.606. The van der Waals surface area contributed by atoms with Crippen LogP contribution in [0.5, 0.6) is 0 Å². The van der Waals surface area contributed by atoms with Gasteiger partial charge in [-0.25, -0.2) is 0 Å². The van der Waals surface area contributed by atoms with E-state index < -0.39 is 7.28 Å². The first-order chi connectivity index (χ1) is 13.1. The van der Waals surface area contributed by atoms with Crippen molar-refractivity contribution in [3.8, 4) is 0 Å². The first-order valence-electron chi connectivity index (χ1n) is 9.41. The Kier molecular flexibility index (Phi) is 4.67. The molecule has 0 amide bonds. The summed E-state index contributed by atoms with van der Waals surface area (Å²) in [6, 6.07) is 19.9. The molecule has 27 heavy (non-hydrogen) atoms. The molecule has 2 aromatic carbocycles. The van der Waals surface area contributed by atoms with Crippen LogP contribution in [-0.4, -0.2) is 19.0 Å². The van der Waals surface area contributed by atoms with Gasteiger partial charge in [0.05, 0.1) is 0 Å². The number of hydrogen-bond donors (Lipinski definition) is 0. The number of benzene rings is 2. The van der Waals surface area contributed by atoms with E-state index in [0.29, 0.717) is 24.5 Å². The fourth-order valence-electron chi connectivity index (χ4n) is 4.24. The van der Waals surface area contributed by atoms with E-state index in [1.807, 2.05) is 67.6 Å². The zero-order valence-corrected chi connectivity index (χ0v) is 16.7. The summed E-state index contributed by atoms with van der Waals surface area (Å²) in [5.41, 5.74) is 1.27. The fraction of sp³-hybridized carbons (Fsp3) is 0.318. The molecule has 4 nitrogen and oxygen atoms in total. The summed E-state index contributed by atoms with van der Waals surface area (Å²) in [6.45, 7) is 4.55. The fourth-order valence-corrected chi connectivity index (χ4v) is 9.30. The molecule has 2 aromatic rings. The molecule has 0 saturated carbocycles. The molecule has 0 radical (unpaired) electrons. The normalized spacial score (nSPS) is 25.3. The van der Waals surface area contributed by atoms with Crippen LogP contribution in [0.2, 0.25) is 0 Å². The molecule has 2 heterocycles. The van der Waals surface area contributed by atoms with Crippen molar-refractivity contribution in [1.29, 1.82) is 0 Å². The predicted octanol–water partition coefficient (Wildman–Crippen LogP) is 5.07. The van der Waals surface area contributed by atoms with Gasteiger partial charge in [-0.1, -0.05) is 0 Å². The van der Waals surface area contributed by atoms with E-state index in [2.05, 4.69) is 0 Å². The molecule has 142 valence electrons. The Hall–Kier alpha value is -2.00. The third kappa shape index (κ3) is 2.75. The van der Waals surface area contributed by atoms with E-state index in [1.54, 1.807) is 6.92 Å². The van der Waals surface area contributed by atoms with Crippen LogP contribution in [-0.2, 0) is 18.4 Å². The maximum absolute atomic E-state index is 12.7. The van der Waals surface area contributed by atoms with Crippen LogP contribution < -0.4 is 5.30 Å². The predicted molar refractivity (Wildman–Crippen MR) is 108 cm³/mol. The Morgan fingerprint density at radius 1 is 0.926 bits per heavy atom. The van der Waals surface area contributed by atoms with Crippen LogP contribution in [0, 0.1) is 0 Å². The zero-order valence-electron chi connectivity index (χ0n) is 15.8. The van der Waals surface area contributed by atoms with Crippen LogP contribution in [0.25, 0.3) is 0 Å². The summed E-state index contributed by atoms with van der Waals surface area (Å²) in [4.78, 5) is 12.7. The first-order valence-corrected chi connectivity index (χ1v) is 11.5. The number of hydrogen-bond acceptors (Lipinski definition) is 4. The molecule has 1 saturated heterocycles. The Bertz CT molecular complexity index is 868. The van der Waals surface area contributed by atoms with Gasteiger partial charge < -0.3 is 0 Å². The molecule has 2 aliphatic heterocycles. The van der Waals surface area contributed by atoms with Crippen LogP contribution in [0.15, 0.2) is 72.0 Å². The molecule has 5 heteroatoms. The third-order valence-corrected chi connectivity index (χ3v) is 9.97. The maximum atomic E-state index is 12.7. The Morgan fingerprint density at radius 3 is 2.04 bits per heavy atom. The number of rotatable bonds is 3. The monoisotopic (exact) mass is 384 g/mol. The minimum absolute atomic E-state index is 0.00442. The molecule has 1 atom stereocenters. The number of carbonyl (C=O) groups excluding carboxylic acids is 1. The van der Waals surface area contributed by atoms with Gasteiger partial charge in [0.25, 0.3) is 0 Å². The van der Waals surface area contributed by atoms with Crippen LogP contribution >= 0.6 is 7.28 Å². The molecule has 1 spiro atoms. The van der Waals surface area contributed by atoms with Crippen molar-refractivity contribution in [3.63, 3.8) is 0 Å². The van der Waals surface area contributed by atoms with Crippen LogP contribution in [0.3, 0.4) is 0 Å². The number of ketones is 1. The summed E-state index contributed by atoms with van der Waals surface area (Å²) in [7, 11) is -3.86. The van der Waals surface area contributed by atoms with Gasteiger partial charge in [-0.15, -0.1) is 0 Å². The van der Waals surface area contributed by atoms with Crippen molar-refractivity contribution in [2.45, 2.75) is 32.3 Å². The van der Waals surface area contributed by atoms with Gasteiger partial charge in [0.1, 0.15) is 0 Å². The molecule has 4 rings (SSSR count). The molecule has 0 bridgehead atoms. The van der Waals surface area contributed by atoms with E-state index >= 15 is 0 Å². The van der Waals surface area contributed by atoms with Gasteiger partial charge >= 0.3 is 160 Å². The van der Waals surface area contributed by atoms with E-state index in [-0.39, 0.29) is 11.4 Å². The summed E-state index contributed by atoms with van der Waals surface area (Å²) < 4.78 is 19.9. The zero-order chi connectivity index (χ0) is 18.9. The summed E-state index contributed by atoms with van der Waals surface area (Å²) in [5, 5.41) is 0.898. The third-order valence-electron chi connectivity index (χ3n) is 5.33. The molecule has 0 aromatic heterocycles. The molecule has 0 aliphatic carbocycles. The Morgan fingerprint density at radius 2 is 1.48 bits per heavy atom. The minimum atomic E-state index is -3.86. The Balaban J connectivity index is 2.04. The first kappa shape index (κ1) is 18.4. The van der Waals surface area contributed by atoms with Gasteiger partial charge in [-0.3, -0.25) is 0 Å². The second-order valence-corrected chi connectivity index (χ2v) is 10.7. The topological polar surface area (TPSA) is 44.8 Å². The van der Waals surface area contributed by atoms with E-state index in [9.17, 15) is 4.79 Å². The second kappa shape index (κ2) is 6.87. The SMILES string of the molecule is CC(=O)C1=C(C)OP2(c3ccccc3)(OCCCCO2)C1c1ccccc1. The van der Waals surface area contributed by atoms with Crippen molar-refractivity contribution in [3.05, 3.63) is 77.6 Å². The number of allylic oxidation sites excluding steroid dienone is 2. The molecule has 1 fully saturated rings. The molecular formula is C22H25O4P. The molecular weight excluding hydrogens is 359 g/mol.